The molecule has 0 aromatic carbocycles. The van der Waals surface area contributed by atoms with Crippen molar-refractivity contribution in [3.05, 3.63) is 23.6 Å². The summed E-state index contributed by atoms with van der Waals surface area (Å²) in [6.45, 7) is 2.23. The zero-order chi connectivity index (χ0) is 13.8. The minimum Gasteiger partial charge on any atom is -0.478 e. The molecule has 0 radical (unpaired) electrons. The first-order valence-corrected chi connectivity index (χ1v) is 6.72. The third-order valence-corrected chi connectivity index (χ3v) is 3.72. The number of hydrogen-bond donors (Lipinski definition) is 2. The van der Waals surface area contributed by atoms with Crippen molar-refractivity contribution in [3.63, 3.8) is 0 Å². The summed E-state index contributed by atoms with van der Waals surface area (Å²) in [4.78, 5) is 14.8. The number of rotatable bonds is 3. The van der Waals surface area contributed by atoms with Crippen LogP contribution in [0.4, 0.5) is 10.2 Å². The summed E-state index contributed by atoms with van der Waals surface area (Å²) in [6, 6.07) is 1.36. The molecule has 104 valence electrons. The van der Waals surface area contributed by atoms with Crippen molar-refractivity contribution in [1.29, 1.82) is 0 Å². The standard InChI is InChI=1S/C14H19FN2O2/c1-9-3-2-4-10(6-5-9)17-13-12(15)11(14(18)19)7-8-16-13/h7-10H,2-6H2,1H3,(H,16,17)(H,18,19). The molecule has 0 aliphatic heterocycles. The highest BCUT2D eigenvalue weighted by molar-refractivity contribution is 5.88. The third-order valence-electron chi connectivity index (χ3n) is 3.72. The van der Waals surface area contributed by atoms with Crippen LogP contribution in [0.5, 0.6) is 0 Å². The first-order chi connectivity index (χ1) is 9.08. The van der Waals surface area contributed by atoms with Crippen LogP contribution in [0.3, 0.4) is 0 Å². The van der Waals surface area contributed by atoms with Crippen LogP contribution in [0.25, 0.3) is 0 Å². The van der Waals surface area contributed by atoms with Gasteiger partial charge in [0.25, 0.3) is 0 Å². The lowest BCUT2D eigenvalue weighted by Gasteiger charge is -2.17. The van der Waals surface area contributed by atoms with E-state index in [1.165, 1.54) is 18.7 Å². The summed E-state index contributed by atoms with van der Waals surface area (Å²) in [6.07, 6.45) is 6.69. The second-order valence-corrected chi connectivity index (χ2v) is 5.28. The molecule has 1 aromatic heterocycles. The van der Waals surface area contributed by atoms with Crippen LogP contribution in [0, 0.1) is 11.7 Å². The van der Waals surface area contributed by atoms with Gasteiger partial charge in [0.05, 0.1) is 0 Å². The summed E-state index contributed by atoms with van der Waals surface area (Å²) < 4.78 is 14.0. The molecule has 1 saturated carbocycles. The van der Waals surface area contributed by atoms with Crippen molar-refractivity contribution in [1.82, 2.24) is 4.98 Å². The summed E-state index contributed by atoms with van der Waals surface area (Å²) in [5.41, 5.74) is -0.334. The van der Waals surface area contributed by atoms with Gasteiger partial charge in [0, 0.05) is 12.2 Å². The zero-order valence-electron chi connectivity index (χ0n) is 11.0. The van der Waals surface area contributed by atoms with Gasteiger partial charge in [-0.1, -0.05) is 19.8 Å². The lowest BCUT2D eigenvalue weighted by molar-refractivity contribution is 0.0692. The van der Waals surface area contributed by atoms with Gasteiger partial charge in [-0.05, 0) is 31.2 Å². The van der Waals surface area contributed by atoms with E-state index in [-0.39, 0.29) is 17.4 Å². The number of nitrogens with zero attached hydrogens (tertiary/aromatic N) is 1. The molecule has 1 fully saturated rings. The number of aromatic carboxylic acids is 1. The molecule has 2 unspecified atom stereocenters. The quantitative estimate of drug-likeness (QED) is 0.824. The number of nitrogens with one attached hydrogen (secondary N) is 1. The molecule has 1 aliphatic rings. The van der Waals surface area contributed by atoms with Gasteiger partial charge in [-0.15, -0.1) is 0 Å². The third kappa shape index (κ3) is 3.43. The Morgan fingerprint density at radius 3 is 2.95 bits per heavy atom. The highest BCUT2D eigenvalue weighted by Crippen LogP contribution is 2.25. The Labute approximate surface area is 112 Å². The molecule has 2 N–H and O–H groups in total. The van der Waals surface area contributed by atoms with Crippen molar-refractivity contribution in [2.45, 2.75) is 45.1 Å². The van der Waals surface area contributed by atoms with Crippen LogP contribution in [-0.4, -0.2) is 22.1 Å². The number of halogens is 1. The Hall–Kier alpha value is -1.65. The Balaban J connectivity index is 2.10. The Morgan fingerprint density at radius 2 is 2.21 bits per heavy atom. The fraction of sp³-hybridized carbons (Fsp3) is 0.571. The molecule has 0 bridgehead atoms. The van der Waals surface area contributed by atoms with E-state index in [0.29, 0.717) is 5.92 Å². The summed E-state index contributed by atoms with van der Waals surface area (Å²) >= 11 is 0. The van der Waals surface area contributed by atoms with Crippen LogP contribution >= 0.6 is 0 Å². The molecular formula is C14H19FN2O2. The second-order valence-electron chi connectivity index (χ2n) is 5.28. The lowest BCUT2D eigenvalue weighted by Crippen LogP contribution is -2.21. The van der Waals surface area contributed by atoms with Crippen LogP contribution < -0.4 is 5.32 Å². The van der Waals surface area contributed by atoms with Gasteiger partial charge in [0.15, 0.2) is 11.6 Å². The molecule has 19 heavy (non-hydrogen) atoms. The average molecular weight is 266 g/mol. The number of carboxylic acid groups (broad SMARTS) is 1. The van der Waals surface area contributed by atoms with Crippen molar-refractivity contribution in [2.24, 2.45) is 5.92 Å². The second kappa shape index (κ2) is 5.99. The minimum atomic E-state index is -1.27. The van der Waals surface area contributed by atoms with Crippen LogP contribution in [-0.2, 0) is 0 Å². The first kappa shape index (κ1) is 13.8. The van der Waals surface area contributed by atoms with E-state index < -0.39 is 11.8 Å². The molecule has 1 aromatic rings. The molecular weight excluding hydrogens is 247 g/mol. The van der Waals surface area contributed by atoms with Gasteiger partial charge in [0.1, 0.15) is 5.56 Å². The summed E-state index contributed by atoms with van der Waals surface area (Å²) in [5.74, 6) is -1.28. The molecule has 2 atom stereocenters. The van der Waals surface area contributed by atoms with Gasteiger partial charge < -0.3 is 10.4 Å². The fourth-order valence-corrected chi connectivity index (χ4v) is 2.53. The smallest absolute Gasteiger partial charge is 0.338 e. The number of aromatic nitrogens is 1. The minimum absolute atomic E-state index is 0.0550. The zero-order valence-corrected chi connectivity index (χ0v) is 11.0. The summed E-state index contributed by atoms with van der Waals surface area (Å²) in [7, 11) is 0. The van der Waals surface area contributed by atoms with E-state index in [4.69, 9.17) is 5.11 Å². The van der Waals surface area contributed by atoms with Gasteiger partial charge in [0.2, 0.25) is 0 Å². The van der Waals surface area contributed by atoms with E-state index in [1.807, 2.05) is 0 Å². The van der Waals surface area contributed by atoms with Gasteiger partial charge in [-0.2, -0.15) is 0 Å². The number of hydrogen-bond acceptors (Lipinski definition) is 3. The molecule has 0 amide bonds. The average Bonchev–Trinajstić information content (AvgIpc) is 2.57. The Kier molecular flexibility index (Phi) is 4.35. The van der Waals surface area contributed by atoms with Crippen molar-refractivity contribution >= 4 is 11.8 Å². The maximum atomic E-state index is 14.0. The number of carbonyl (C=O) groups is 1. The number of anilines is 1. The summed E-state index contributed by atoms with van der Waals surface area (Å²) in [5, 5.41) is 11.9. The highest BCUT2D eigenvalue weighted by Gasteiger charge is 2.20. The molecule has 1 heterocycles. The maximum Gasteiger partial charge on any atom is 0.338 e. The SMILES string of the molecule is CC1CCCC(Nc2nccc(C(=O)O)c2F)CC1. The van der Waals surface area contributed by atoms with Crippen molar-refractivity contribution in [3.8, 4) is 0 Å². The molecule has 1 aliphatic carbocycles. The van der Waals surface area contributed by atoms with E-state index >= 15 is 0 Å². The monoisotopic (exact) mass is 266 g/mol. The van der Waals surface area contributed by atoms with Gasteiger partial charge in [-0.3, -0.25) is 0 Å². The maximum absolute atomic E-state index is 14.0. The highest BCUT2D eigenvalue weighted by atomic mass is 19.1. The largest absolute Gasteiger partial charge is 0.478 e. The lowest BCUT2D eigenvalue weighted by atomic mass is 10.0. The van der Waals surface area contributed by atoms with E-state index in [2.05, 4.69) is 17.2 Å². The van der Waals surface area contributed by atoms with Crippen molar-refractivity contribution in [2.75, 3.05) is 5.32 Å². The topological polar surface area (TPSA) is 62.2 Å². The molecule has 2 rings (SSSR count). The Bertz CT molecular complexity index is 465. The predicted octanol–water partition coefficient (Wildman–Crippen LogP) is 3.30. The van der Waals surface area contributed by atoms with E-state index in [0.717, 1.165) is 25.7 Å². The molecule has 4 nitrogen and oxygen atoms in total. The Morgan fingerprint density at radius 1 is 1.42 bits per heavy atom. The molecule has 5 heteroatoms. The number of carboxylic acids is 1. The van der Waals surface area contributed by atoms with Crippen LogP contribution in [0.1, 0.15) is 49.4 Å². The fourth-order valence-electron chi connectivity index (χ4n) is 2.53. The molecule has 0 spiro atoms. The van der Waals surface area contributed by atoms with Crippen LogP contribution in [0.15, 0.2) is 12.3 Å². The van der Waals surface area contributed by atoms with Crippen LogP contribution in [0.2, 0.25) is 0 Å². The number of pyridine rings is 1. The van der Waals surface area contributed by atoms with E-state index in [9.17, 15) is 9.18 Å². The van der Waals surface area contributed by atoms with E-state index in [1.54, 1.807) is 0 Å². The van der Waals surface area contributed by atoms with Gasteiger partial charge in [-0.25, -0.2) is 14.2 Å². The first-order valence-electron chi connectivity index (χ1n) is 6.72. The van der Waals surface area contributed by atoms with Gasteiger partial charge >= 0.3 is 5.97 Å². The van der Waals surface area contributed by atoms with Crippen molar-refractivity contribution < 1.29 is 14.3 Å². The normalized spacial score (nSPS) is 23.7. The molecule has 0 saturated heterocycles. The predicted molar refractivity (Wildman–Crippen MR) is 70.8 cm³/mol.